The third kappa shape index (κ3) is 6.27. The number of nitrogens with zero attached hydrogens (tertiary/aromatic N) is 1. The second-order valence-electron chi connectivity index (χ2n) is 7.79. The highest BCUT2D eigenvalue weighted by atomic mass is 16.6. The van der Waals surface area contributed by atoms with E-state index in [1.807, 2.05) is 58.0 Å². The average molecular weight is 371 g/mol. The van der Waals surface area contributed by atoms with Crippen molar-refractivity contribution < 1.29 is 19.1 Å². The third-order valence-electron chi connectivity index (χ3n) is 4.22. The van der Waals surface area contributed by atoms with Crippen LogP contribution < -0.4 is 0 Å². The first-order chi connectivity index (χ1) is 12.7. The molecule has 1 aliphatic heterocycles. The summed E-state index contributed by atoms with van der Waals surface area (Å²) in [5.74, 6) is -0.355. The van der Waals surface area contributed by atoms with Crippen molar-refractivity contribution in [2.24, 2.45) is 0 Å². The molecule has 1 aromatic rings. The second-order valence-corrected chi connectivity index (χ2v) is 7.79. The summed E-state index contributed by atoms with van der Waals surface area (Å²) in [5, 5.41) is 0. The van der Waals surface area contributed by atoms with Crippen LogP contribution in [-0.4, -0.2) is 35.7 Å². The molecule has 146 valence electrons. The van der Waals surface area contributed by atoms with E-state index < -0.39 is 5.60 Å². The summed E-state index contributed by atoms with van der Waals surface area (Å²) in [7, 11) is 0. The van der Waals surface area contributed by atoms with Gasteiger partial charge in [0.1, 0.15) is 12.2 Å². The van der Waals surface area contributed by atoms with E-state index in [9.17, 15) is 9.59 Å². The maximum atomic E-state index is 12.6. The number of ether oxygens (including phenoxy) is 2. The fourth-order valence-corrected chi connectivity index (χ4v) is 2.95. The van der Waals surface area contributed by atoms with Crippen LogP contribution in [0.1, 0.15) is 46.1 Å². The molecule has 1 heterocycles. The topological polar surface area (TPSA) is 55.8 Å². The smallest absolute Gasteiger partial charge is 0.410 e. The molecular formula is C22H29NO4. The lowest BCUT2D eigenvalue weighted by Gasteiger charge is -2.31. The number of hydrogen-bond acceptors (Lipinski definition) is 4. The molecule has 0 radical (unpaired) electrons. The lowest BCUT2D eigenvalue weighted by molar-refractivity contribution is -0.140. The van der Waals surface area contributed by atoms with E-state index in [0.29, 0.717) is 37.1 Å². The van der Waals surface area contributed by atoms with Gasteiger partial charge in [-0.2, -0.15) is 0 Å². The zero-order valence-corrected chi connectivity index (χ0v) is 16.7. The van der Waals surface area contributed by atoms with Crippen LogP contribution in [0.5, 0.6) is 0 Å². The molecule has 0 aliphatic carbocycles. The minimum atomic E-state index is -0.517. The van der Waals surface area contributed by atoms with Gasteiger partial charge in [-0.15, -0.1) is 0 Å². The molecule has 27 heavy (non-hydrogen) atoms. The second kappa shape index (κ2) is 8.89. The quantitative estimate of drug-likeness (QED) is 0.572. The summed E-state index contributed by atoms with van der Waals surface area (Å²) >= 11 is 0. The summed E-state index contributed by atoms with van der Waals surface area (Å²) in [4.78, 5) is 26.5. The minimum Gasteiger partial charge on any atom is -0.457 e. The van der Waals surface area contributed by atoms with E-state index in [1.54, 1.807) is 4.90 Å². The van der Waals surface area contributed by atoms with Crippen LogP contribution in [0.4, 0.5) is 4.79 Å². The van der Waals surface area contributed by atoms with Crippen LogP contribution in [0, 0.1) is 0 Å². The van der Waals surface area contributed by atoms with Crippen LogP contribution in [-0.2, 0) is 20.9 Å². The molecule has 1 fully saturated rings. The van der Waals surface area contributed by atoms with Crippen LogP contribution in [0.2, 0.25) is 0 Å². The van der Waals surface area contributed by atoms with E-state index in [2.05, 4.69) is 6.58 Å². The van der Waals surface area contributed by atoms with Gasteiger partial charge in [0.2, 0.25) is 0 Å². The number of hydrogen-bond donors (Lipinski definition) is 0. The Morgan fingerprint density at radius 3 is 2.22 bits per heavy atom. The number of carbonyl (C=O) groups is 2. The van der Waals surface area contributed by atoms with Crippen molar-refractivity contribution in [1.82, 2.24) is 4.90 Å². The van der Waals surface area contributed by atoms with Gasteiger partial charge in [0.25, 0.3) is 0 Å². The Balaban J connectivity index is 2.01. The number of esters is 1. The molecule has 5 nitrogen and oxygen atoms in total. The van der Waals surface area contributed by atoms with Crippen molar-refractivity contribution in [3.63, 3.8) is 0 Å². The van der Waals surface area contributed by atoms with Gasteiger partial charge in [-0.1, -0.05) is 42.5 Å². The molecule has 0 spiro atoms. The van der Waals surface area contributed by atoms with Crippen LogP contribution in [0.3, 0.4) is 0 Å². The number of benzene rings is 1. The lowest BCUT2D eigenvalue weighted by atomic mass is 9.94. The number of likely N-dealkylation sites (tertiary alicyclic amines) is 1. The summed E-state index contributed by atoms with van der Waals surface area (Å²) in [6.07, 6.45) is 0.911. The predicted octanol–water partition coefficient (Wildman–Crippen LogP) is 4.63. The Bertz CT molecular complexity index is 718. The molecule has 5 heteroatoms. The monoisotopic (exact) mass is 371 g/mol. The van der Waals surface area contributed by atoms with Crippen molar-refractivity contribution in [1.29, 1.82) is 0 Å². The predicted molar refractivity (Wildman–Crippen MR) is 105 cm³/mol. The Kier molecular flexibility index (Phi) is 6.83. The van der Waals surface area contributed by atoms with Crippen molar-refractivity contribution in [3.8, 4) is 0 Å². The van der Waals surface area contributed by atoms with Gasteiger partial charge in [0.15, 0.2) is 0 Å². The highest BCUT2D eigenvalue weighted by molar-refractivity contribution is 5.94. The van der Waals surface area contributed by atoms with Gasteiger partial charge in [-0.05, 0) is 51.7 Å². The number of piperidine rings is 1. The zero-order chi connectivity index (χ0) is 20.0. The highest BCUT2D eigenvalue weighted by Gasteiger charge is 2.27. The number of rotatable bonds is 4. The molecule has 0 bridgehead atoms. The molecule has 1 aromatic carbocycles. The van der Waals surface area contributed by atoms with Gasteiger partial charge in [0, 0.05) is 13.1 Å². The summed E-state index contributed by atoms with van der Waals surface area (Å²) in [6.45, 7) is 12.6. The fraction of sp³-hybridized carbons (Fsp3) is 0.455. The fourth-order valence-electron chi connectivity index (χ4n) is 2.95. The van der Waals surface area contributed by atoms with Crippen molar-refractivity contribution in [2.45, 2.75) is 52.7 Å². The Morgan fingerprint density at radius 1 is 1.11 bits per heavy atom. The van der Waals surface area contributed by atoms with Gasteiger partial charge in [0.05, 0.1) is 5.57 Å². The van der Waals surface area contributed by atoms with E-state index in [1.165, 1.54) is 0 Å². The van der Waals surface area contributed by atoms with E-state index >= 15 is 0 Å². The average Bonchev–Trinajstić information content (AvgIpc) is 2.60. The van der Waals surface area contributed by atoms with Gasteiger partial charge in [-0.25, -0.2) is 9.59 Å². The largest absolute Gasteiger partial charge is 0.457 e. The zero-order valence-electron chi connectivity index (χ0n) is 16.7. The van der Waals surface area contributed by atoms with E-state index in [-0.39, 0.29) is 18.7 Å². The molecule has 2 rings (SSSR count). The maximum absolute atomic E-state index is 12.6. The Labute approximate surface area is 161 Å². The minimum absolute atomic E-state index is 0.230. The van der Waals surface area contributed by atoms with E-state index in [4.69, 9.17) is 9.47 Å². The molecule has 1 aliphatic rings. The van der Waals surface area contributed by atoms with Crippen molar-refractivity contribution in [3.05, 3.63) is 59.2 Å². The summed E-state index contributed by atoms with van der Waals surface area (Å²) in [5.41, 5.74) is 2.65. The summed E-state index contributed by atoms with van der Waals surface area (Å²) in [6, 6.07) is 9.58. The van der Waals surface area contributed by atoms with Crippen LogP contribution >= 0.6 is 0 Å². The van der Waals surface area contributed by atoms with Crippen LogP contribution in [0.25, 0.3) is 0 Å². The van der Waals surface area contributed by atoms with Gasteiger partial charge >= 0.3 is 12.1 Å². The van der Waals surface area contributed by atoms with Gasteiger partial charge < -0.3 is 14.4 Å². The third-order valence-corrected chi connectivity index (χ3v) is 4.22. The maximum Gasteiger partial charge on any atom is 0.410 e. The summed E-state index contributed by atoms with van der Waals surface area (Å²) < 4.78 is 10.9. The highest BCUT2D eigenvalue weighted by Crippen LogP contribution is 2.26. The van der Waals surface area contributed by atoms with Crippen molar-refractivity contribution >= 4 is 12.1 Å². The van der Waals surface area contributed by atoms with Crippen molar-refractivity contribution in [2.75, 3.05) is 13.1 Å². The lowest BCUT2D eigenvalue weighted by Crippen LogP contribution is -2.40. The molecule has 0 N–H and O–H groups in total. The standard InChI is InChI=1S/C22H29NO4/c1-16(2)19(20(24)26-15-17-9-7-6-8-10-17)18-11-13-23(14-12-18)21(25)27-22(3,4)5/h6-10H,1,11-15H2,2-5H3. The normalized spacial score (nSPS) is 14.5. The number of carbonyl (C=O) groups excluding carboxylic acids is 2. The first-order valence-corrected chi connectivity index (χ1v) is 9.24. The van der Waals surface area contributed by atoms with E-state index in [0.717, 1.165) is 11.1 Å². The molecular weight excluding hydrogens is 342 g/mol. The molecule has 0 atom stereocenters. The first-order valence-electron chi connectivity index (χ1n) is 9.24. The molecule has 0 saturated carbocycles. The van der Waals surface area contributed by atoms with Gasteiger partial charge in [-0.3, -0.25) is 0 Å². The molecule has 1 amide bonds. The molecule has 0 unspecified atom stereocenters. The number of amides is 1. The molecule has 0 aromatic heterocycles. The SMILES string of the molecule is C=C(C)C(C(=O)OCc1ccccc1)=C1CCN(C(=O)OC(C)(C)C)CC1. The first kappa shape index (κ1) is 20.7. The molecule has 1 saturated heterocycles. The Morgan fingerprint density at radius 2 is 1.70 bits per heavy atom. The Hall–Kier alpha value is -2.56. The van der Waals surface area contributed by atoms with Crippen LogP contribution in [0.15, 0.2) is 53.6 Å².